The van der Waals surface area contributed by atoms with Gasteiger partial charge in [-0.25, -0.2) is 4.79 Å². The SMILES string of the molecule is COC(=O)c1cnccc1N1CCSCC1. The molecule has 1 saturated heterocycles. The van der Waals surface area contributed by atoms with E-state index in [1.807, 2.05) is 17.8 Å². The number of methoxy groups -OCH3 is 1. The number of thioether (sulfide) groups is 1. The Bertz CT molecular complexity index is 378. The Labute approximate surface area is 99.0 Å². The first kappa shape index (κ1) is 11.3. The summed E-state index contributed by atoms with van der Waals surface area (Å²) in [6, 6.07) is 1.88. The van der Waals surface area contributed by atoms with Gasteiger partial charge >= 0.3 is 5.97 Å². The number of pyridine rings is 1. The molecule has 0 N–H and O–H groups in total. The summed E-state index contributed by atoms with van der Waals surface area (Å²) in [5.74, 6) is 1.88. The second-order valence-corrected chi connectivity index (χ2v) is 4.71. The van der Waals surface area contributed by atoms with Gasteiger partial charge in [0.25, 0.3) is 0 Å². The third-order valence-corrected chi connectivity index (χ3v) is 3.50. The summed E-state index contributed by atoms with van der Waals surface area (Å²) in [6.07, 6.45) is 3.28. The topological polar surface area (TPSA) is 42.4 Å². The molecule has 0 saturated carbocycles. The van der Waals surface area contributed by atoms with Crippen LogP contribution in [0.2, 0.25) is 0 Å². The highest BCUT2D eigenvalue weighted by atomic mass is 32.2. The van der Waals surface area contributed by atoms with Gasteiger partial charge in [-0.05, 0) is 6.07 Å². The van der Waals surface area contributed by atoms with Gasteiger partial charge in [0.15, 0.2) is 0 Å². The molecule has 0 spiro atoms. The lowest BCUT2D eigenvalue weighted by atomic mass is 10.2. The van der Waals surface area contributed by atoms with Crippen LogP contribution in [0.25, 0.3) is 0 Å². The summed E-state index contributed by atoms with van der Waals surface area (Å²) in [5, 5.41) is 0. The summed E-state index contributed by atoms with van der Waals surface area (Å²) >= 11 is 1.94. The second kappa shape index (κ2) is 5.21. The van der Waals surface area contributed by atoms with Crippen LogP contribution in [0, 0.1) is 0 Å². The minimum atomic E-state index is -0.318. The number of anilines is 1. The molecule has 1 fully saturated rings. The molecule has 5 heteroatoms. The van der Waals surface area contributed by atoms with Crippen molar-refractivity contribution in [1.29, 1.82) is 0 Å². The first-order valence-electron chi connectivity index (χ1n) is 5.18. The monoisotopic (exact) mass is 238 g/mol. The molecular formula is C11H14N2O2S. The molecule has 0 aliphatic carbocycles. The minimum absolute atomic E-state index is 0.318. The van der Waals surface area contributed by atoms with Gasteiger partial charge in [0.1, 0.15) is 5.56 Å². The molecule has 0 atom stereocenters. The van der Waals surface area contributed by atoms with E-state index in [1.165, 1.54) is 7.11 Å². The Hall–Kier alpha value is -1.23. The summed E-state index contributed by atoms with van der Waals surface area (Å²) in [7, 11) is 1.39. The zero-order chi connectivity index (χ0) is 11.4. The standard InChI is InChI=1S/C11H14N2O2S/c1-15-11(14)9-8-12-3-2-10(9)13-4-6-16-7-5-13/h2-3,8H,4-7H2,1H3. The molecule has 1 aromatic rings. The summed E-state index contributed by atoms with van der Waals surface area (Å²) < 4.78 is 4.76. The fraction of sp³-hybridized carbons (Fsp3) is 0.455. The molecule has 0 unspecified atom stereocenters. The quantitative estimate of drug-likeness (QED) is 0.729. The Morgan fingerprint density at radius 2 is 2.25 bits per heavy atom. The van der Waals surface area contributed by atoms with Gasteiger partial charge in [0.05, 0.1) is 12.8 Å². The van der Waals surface area contributed by atoms with Crippen molar-refractivity contribution < 1.29 is 9.53 Å². The summed E-state index contributed by atoms with van der Waals surface area (Å²) in [4.78, 5) is 17.8. The Morgan fingerprint density at radius 1 is 1.50 bits per heavy atom. The highest BCUT2D eigenvalue weighted by Gasteiger charge is 2.18. The third-order valence-electron chi connectivity index (χ3n) is 2.56. The van der Waals surface area contributed by atoms with Crippen molar-refractivity contribution in [3.8, 4) is 0 Å². The molecule has 4 nitrogen and oxygen atoms in total. The average molecular weight is 238 g/mol. The molecule has 0 radical (unpaired) electrons. The first-order chi connectivity index (χ1) is 7.83. The first-order valence-corrected chi connectivity index (χ1v) is 6.33. The maximum atomic E-state index is 11.6. The number of ether oxygens (including phenoxy) is 1. The van der Waals surface area contributed by atoms with E-state index < -0.39 is 0 Å². The Kier molecular flexibility index (Phi) is 3.66. The van der Waals surface area contributed by atoms with E-state index in [1.54, 1.807) is 12.4 Å². The number of carbonyl (C=O) groups excluding carboxylic acids is 1. The van der Waals surface area contributed by atoms with Gasteiger partial charge in [-0.1, -0.05) is 0 Å². The highest BCUT2D eigenvalue weighted by molar-refractivity contribution is 7.99. The van der Waals surface area contributed by atoms with E-state index in [4.69, 9.17) is 4.74 Å². The van der Waals surface area contributed by atoms with Crippen molar-refractivity contribution in [3.63, 3.8) is 0 Å². The zero-order valence-electron chi connectivity index (χ0n) is 9.18. The van der Waals surface area contributed by atoms with Crippen molar-refractivity contribution in [3.05, 3.63) is 24.0 Å². The molecule has 16 heavy (non-hydrogen) atoms. The molecule has 0 amide bonds. The molecule has 2 heterocycles. The largest absolute Gasteiger partial charge is 0.465 e. The van der Waals surface area contributed by atoms with Crippen LogP contribution in [0.1, 0.15) is 10.4 Å². The molecule has 86 valence electrons. The van der Waals surface area contributed by atoms with Crippen LogP contribution in [-0.2, 0) is 4.74 Å². The Morgan fingerprint density at radius 3 is 2.94 bits per heavy atom. The van der Waals surface area contributed by atoms with Crippen LogP contribution in [0.15, 0.2) is 18.5 Å². The van der Waals surface area contributed by atoms with Crippen LogP contribution in [0.4, 0.5) is 5.69 Å². The molecule has 0 bridgehead atoms. The number of carbonyl (C=O) groups is 1. The maximum absolute atomic E-state index is 11.6. The summed E-state index contributed by atoms with van der Waals surface area (Å²) in [6.45, 7) is 1.94. The maximum Gasteiger partial charge on any atom is 0.341 e. The lowest BCUT2D eigenvalue weighted by Gasteiger charge is -2.29. The predicted molar refractivity (Wildman–Crippen MR) is 65.1 cm³/mol. The van der Waals surface area contributed by atoms with E-state index in [2.05, 4.69) is 9.88 Å². The molecule has 1 aliphatic heterocycles. The molecular weight excluding hydrogens is 224 g/mol. The lowest BCUT2D eigenvalue weighted by Crippen LogP contribution is -2.33. The molecule has 2 rings (SSSR count). The van der Waals surface area contributed by atoms with Crippen LogP contribution in [-0.4, -0.2) is 42.7 Å². The van der Waals surface area contributed by atoms with E-state index in [-0.39, 0.29) is 5.97 Å². The second-order valence-electron chi connectivity index (χ2n) is 3.48. The van der Waals surface area contributed by atoms with Crippen molar-refractivity contribution in [2.75, 3.05) is 36.6 Å². The number of aromatic nitrogens is 1. The van der Waals surface area contributed by atoms with Crippen LogP contribution < -0.4 is 4.90 Å². The fourth-order valence-corrected chi connectivity index (χ4v) is 2.64. The normalized spacial score (nSPS) is 15.9. The average Bonchev–Trinajstić information content (AvgIpc) is 2.39. The molecule has 0 aromatic carbocycles. The number of rotatable bonds is 2. The fourth-order valence-electron chi connectivity index (χ4n) is 1.73. The van der Waals surface area contributed by atoms with E-state index >= 15 is 0 Å². The van der Waals surface area contributed by atoms with Gasteiger partial charge in [-0.3, -0.25) is 4.98 Å². The number of hydrogen-bond acceptors (Lipinski definition) is 5. The number of nitrogens with zero attached hydrogens (tertiary/aromatic N) is 2. The van der Waals surface area contributed by atoms with Gasteiger partial charge in [0.2, 0.25) is 0 Å². The Balaban J connectivity index is 2.28. The summed E-state index contributed by atoms with van der Waals surface area (Å²) in [5.41, 5.74) is 1.49. The predicted octanol–water partition coefficient (Wildman–Crippen LogP) is 1.42. The van der Waals surface area contributed by atoms with E-state index in [0.717, 1.165) is 30.3 Å². The third kappa shape index (κ3) is 2.29. The highest BCUT2D eigenvalue weighted by Crippen LogP contribution is 2.23. The van der Waals surface area contributed by atoms with E-state index in [9.17, 15) is 4.79 Å². The van der Waals surface area contributed by atoms with Crippen molar-refractivity contribution in [2.45, 2.75) is 0 Å². The smallest absolute Gasteiger partial charge is 0.341 e. The van der Waals surface area contributed by atoms with Crippen LogP contribution in [0.3, 0.4) is 0 Å². The molecule has 1 aromatic heterocycles. The van der Waals surface area contributed by atoms with Crippen LogP contribution in [0.5, 0.6) is 0 Å². The van der Waals surface area contributed by atoms with Crippen LogP contribution >= 0.6 is 11.8 Å². The van der Waals surface area contributed by atoms with Gasteiger partial charge in [-0.15, -0.1) is 0 Å². The van der Waals surface area contributed by atoms with Crippen molar-refractivity contribution in [1.82, 2.24) is 4.98 Å². The van der Waals surface area contributed by atoms with Crippen molar-refractivity contribution in [2.24, 2.45) is 0 Å². The number of hydrogen-bond donors (Lipinski definition) is 0. The zero-order valence-corrected chi connectivity index (χ0v) is 10.00. The molecule has 1 aliphatic rings. The minimum Gasteiger partial charge on any atom is -0.465 e. The van der Waals surface area contributed by atoms with Crippen molar-refractivity contribution >= 4 is 23.4 Å². The van der Waals surface area contributed by atoms with Gasteiger partial charge in [-0.2, -0.15) is 11.8 Å². The lowest BCUT2D eigenvalue weighted by molar-refractivity contribution is 0.0601. The van der Waals surface area contributed by atoms with E-state index in [0.29, 0.717) is 5.56 Å². The van der Waals surface area contributed by atoms with Gasteiger partial charge < -0.3 is 9.64 Å². The van der Waals surface area contributed by atoms with Gasteiger partial charge in [0, 0.05) is 37.0 Å². The number of esters is 1.